The lowest BCUT2D eigenvalue weighted by molar-refractivity contribution is 0.584. The monoisotopic (exact) mass is 331 g/mol. The number of rotatable bonds is 5. The van der Waals surface area contributed by atoms with Gasteiger partial charge in [-0.15, -0.1) is 0 Å². The van der Waals surface area contributed by atoms with Gasteiger partial charge in [0.2, 0.25) is 0 Å². The second-order valence-electron chi connectivity index (χ2n) is 5.61. The molecule has 0 aliphatic heterocycles. The van der Waals surface area contributed by atoms with E-state index in [9.17, 15) is 8.42 Å². The second kappa shape index (κ2) is 6.83. The first-order chi connectivity index (χ1) is 10.8. The van der Waals surface area contributed by atoms with E-state index in [4.69, 9.17) is 0 Å². The molecule has 0 saturated heterocycles. The first-order valence-corrected chi connectivity index (χ1v) is 8.67. The SMILES string of the molecule is Cc1ccc(C)c(S(=O)(=O)N/N=C\c2ccc(N(C)C)cc2)c1. The number of hydrazone groups is 1. The summed E-state index contributed by atoms with van der Waals surface area (Å²) in [5, 5.41) is 3.86. The summed E-state index contributed by atoms with van der Waals surface area (Å²) in [7, 11) is 0.258. The molecule has 0 aromatic heterocycles. The Morgan fingerprint density at radius 1 is 1.04 bits per heavy atom. The van der Waals surface area contributed by atoms with Crippen LogP contribution in [0.2, 0.25) is 0 Å². The van der Waals surface area contributed by atoms with E-state index in [-0.39, 0.29) is 4.90 Å². The molecule has 23 heavy (non-hydrogen) atoms. The van der Waals surface area contributed by atoms with Crippen LogP contribution < -0.4 is 9.73 Å². The van der Waals surface area contributed by atoms with Crippen molar-refractivity contribution >= 4 is 21.9 Å². The second-order valence-corrected chi connectivity index (χ2v) is 7.24. The molecule has 0 bridgehead atoms. The number of hydrogen-bond acceptors (Lipinski definition) is 4. The highest BCUT2D eigenvalue weighted by molar-refractivity contribution is 7.89. The summed E-state index contributed by atoms with van der Waals surface area (Å²) in [5.41, 5.74) is 3.46. The summed E-state index contributed by atoms with van der Waals surface area (Å²) >= 11 is 0. The zero-order valence-electron chi connectivity index (χ0n) is 13.7. The Morgan fingerprint density at radius 3 is 2.30 bits per heavy atom. The Hall–Kier alpha value is -2.34. The van der Waals surface area contributed by atoms with Gasteiger partial charge in [-0.3, -0.25) is 0 Å². The number of hydrogen-bond donors (Lipinski definition) is 1. The van der Waals surface area contributed by atoms with E-state index in [0.717, 1.165) is 16.8 Å². The number of nitrogens with one attached hydrogen (secondary N) is 1. The van der Waals surface area contributed by atoms with Crippen LogP contribution in [0.5, 0.6) is 0 Å². The number of sulfonamides is 1. The van der Waals surface area contributed by atoms with Crippen molar-refractivity contribution in [2.24, 2.45) is 5.10 Å². The van der Waals surface area contributed by atoms with E-state index < -0.39 is 10.0 Å². The number of benzene rings is 2. The van der Waals surface area contributed by atoms with Crippen LogP contribution in [0.15, 0.2) is 52.5 Å². The van der Waals surface area contributed by atoms with Gasteiger partial charge >= 0.3 is 0 Å². The Morgan fingerprint density at radius 2 is 1.70 bits per heavy atom. The summed E-state index contributed by atoms with van der Waals surface area (Å²) in [6, 6.07) is 13.0. The van der Waals surface area contributed by atoms with Crippen LogP contribution in [0, 0.1) is 13.8 Å². The molecule has 0 unspecified atom stereocenters. The molecule has 0 saturated carbocycles. The van der Waals surface area contributed by atoms with Crippen LogP contribution in [0.25, 0.3) is 0 Å². The largest absolute Gasteiger partial charge is 0.378 e. The van der Waals surface area contributed by atoms with Crippen molar-refractivity contribution in [3.05, 3.63) is 59.2 Å². The van der Waals surface area contributed by atoms with Crippen molar-refractivity contribution in [2.45, 2.75) is 18.7 Å². The van der Waals surface area contributed by atoms with Crippen molar-refractivity contribution < 1.29 is 8.42 Å². The van der Waals surface area contributed by atoms with Gasteiger partial charge in [-0.05, 0) is 48.7 Å². The highest BCUT2D eigenvalue weighted by Gasteiger charge is 2.15. The van der Waals surface area contributed by atoms with E-state index in [1.165, 1.54) is 6.21 Å². The van der Waals surface area contributed by atoms with E-state index in [1.807, 2.05) is 56.3 Å². The van der Waals surface area contributed by atoms with Crippen LogP contribution in [-0.4, -0.2) is 28.7 Å². The zero-order chi connectivity index (χ0) is 17.0. The highest BCUT2D eigenvalue weighted by Crippen LogP contribution is 2.16. The van der Waals surface area contributed by atoms with Gasteiger partial charge in [0.1, 0.15) is 0 Å². The molecule has 0 radical (unpaired) electrons. The summed E-state index contributed by atoms with van der Waals surface area (Å²) in [4.78, 5) is 4.50. The maximum absolute atomic E-state index is 12.3. The van der Waals surface area contributed by atoms with Crippen molar-refractivity contribution in [3.63, 3.8) is 0 Å². The molecule has 122 valence electrons. The van der Waals surface area contributed by atoms with Crippen LogP contribution in [0.4, 0.5) is 5.69 Å². The van der Waals surface area contributed by atoms with E-state index in [1.54, 1.807) is 19.1 Å². The van der Waals surface area contributed by atoms with E-state index in [2.05, 4.69) is 9.93 Å². The van der Waals surface area contributed by atoms with Gasteiger partial charge in [-0.25, -0.2) is 4.83 Å². The van der Waals surface area contributed by atoms with Crippen LogP contribution in [0.1, 0.15) is 16.7 Å². The third-order valence-electron chi connectivity index (χ3n) is 3.43. The van der Waals surface area contributed by atoms with Gasteiger partial charge in [0.05, 0.1) is 11.1 Å². The first kappa shape index (κ1) is 17.0. The van der Waals surface area contributed by atoms with Crippen molar-refractivity contribution in [3.8, 4) is 0 Å². The summed E-state index contributed by atoms with van der Waals surface area (Å²) in [6.07, 6.45) is 1.49. The molecule has 6 heteroatoms. The summed E-state index contributed by atoms with van der Waals surface area (Å²) in [6.45, 7) is 3.62. The van der Waals surface area contributed by atoms with Crippen molar-refractivity contribution in [2.75, 3.05) is 19.0 Å². The molecule has 2 aromatic rings. The minimum absolute atomic E-state index is 0.248. The van der Waals surface area contributed by atoms with Gasteiger partial charge in [0.25, 0.3) is 10.0 Å². The van der Waals surface area contributed by atoms with Gasteiger partial charge in [-0.2, -0.15) is 13.5 Å². The number of anilines is 1. The molecule has 2 aromatic carbocycles. The molecule has 5 nitrogen and oxygen atoms in total. The molecule has 1 N–H and O–H groups in total. The Balaban J connectivity index is 2.14. The van der Waals surface area contributed by atoms with E-state index >= 15 is 0 Å². The number of aryl methyl sites for hydroxylation is 2. The molecular weight excluding hydrogens is 310 g/mol. The predicted molar refractivity (Wildman–Crippen MR) is 94.6 cm³/mol. The minimum atomic E-state index is -3.66. The lowest BCUT2D eigenvalue weighted by Crippen LogP contribution is -2.19. The van der Waals surface area contributed by atoms with Crippen molar-refractivity contribution in [1.82, 2.24) is 4.83 Å². The lowest BCUT2D eigenvalue weighted by atomic mass is 10.2. The number of nitrogens with zero attached hydrogens (tertiary/aromatic N) is 2. The van der Waals surface area contributed by atoms with Crippen LogP contribution in [0.3, 0.4) is 0 Å². The first-order valence-electron chi connectivity index (χ1n) is 7.19. The third-order valence-corrected chi connectivity index (χ3v) is 4.79. The topological polar surface area (TPSA) is 61.8 Å². The standard InChI is InChI=1S/C17H21N3O2S/c1-13-5-6-14(2)17(11-13)23(21,22)19-18-12-15-7-9-16(10-8-15)20(3)4/h5-12,19H,1-4H3/b18-12-. The normalized spacial score (nSPS) is 11.7. The fraction of sp³-hybridized carbons (Fsp3) is 0.235. The molecule has 0 aliphatic rings. The maximum Gasteiger partial charge on any atom is 0.276 e. The maximum atomic E-state index is 12.3. The summed E-state index contributed by atoms with van der Waals surface area (Å²) < 4.78 is 24.6. The van der Waals surface area contributed by atoms with Gasteiger partial charge < -0.3 is 4.90 Å². The quantitative estimate of drug-likeness (QED) is 0.677. The highest BCUT2D eigenvalue weighted by atomic mass is 32.2. The Labute approximate surface area is 137 Å². The van der Waals surface area contributed by atoms with Gasteiger partial charge in [0.15, 0.2) is 0 Å². The molecule has 0 spiro atoms. The van der Waals surface area contributed by atoms with Gasteiger partial charge in [-0.1, -0.05) is 24.3 Å². The molecule has 0 heterocycles. The zero-order valence-corrected chi connectivity index (χ0v) is 14.6. The van der Waals surface area contributed by atoms with Crippen LogP contribution in [-0.2, 0) is 10.0 Å². The molecule has 0 aliphatic carbocycles. The van der Waals surface area contributed by atoms with Crippen LogP contribution >= 0.6 is 0 Å². The molecule has 0 fully saturated rings. The fourth-order valence-corrected chi connectivity index (χ4v) is 3.20. The molecule has 0 amide bonds. The van der Waals surface area contributed by atoms with E-state index in [0.29, 0.717) is 5.56 Å². The Bertz CT molecular complexity index is 810. The summed E-state index contributed by atoms with van der Waals surface area (Å²) in [5.74, 6) is 0. The molecule has 0 atom stereocenters. The minimum Gasteiger partial charge on any atom is -0.378 e. The smallest absolute Gasteiger partial charge is 0.276 e. The van der Waals surface area contributed by atoms with Crippen molar-refractivity contribution in [1.29, 1.82) is 0 Å². The predicted octanol–water partition coefficient (Wildman–Crippen LogP) is 2.68. The molecular formula is C17H21N3O2S. The fourth-order valence-electron chi connectivity index (χ4n) is 2.07. The average Bonchev–Trinajstić information content (AvgIpc) is 2.50. The lowest BCUT2D eigenvalue weighted by Gasteiger charge is -2.11. The third kappa shape index (κ3) is 4.32. The molecule has 2 rings (SSSR count). The van der Waals surface area contributed by atoms with Gasteiger partial charge in [0, 0.05) is 19.8 Å². The average molecular weight is 331 g/mol. The Kier molecular flexibility index (Phi) is 5.05.